The fourth-order valence-corrected chi connectivity index (χ4v) is 1.31. The van der Waals surface area contributed by atoms with Crippen molar-refractivity contribution >= 4 is 5.97 Å². The number of esters is 1. The van der Waals surface area contributed by atoms with E-state index in [0.717, 1.165) is 18.4 Å². The molecule has 0 saturated carbocycles. The highest BCUT2D eigenvalue weighted by atomic mass is 16.5. The topological polar surface area (TPSA) is 50.1 Å². The number of carbonyl (C=O) groups is 1. The van der Waals surface area contributed by atoms with Crippen molar-refractivity contribution in [2.45, 2.75) is 32.3 Å². The first-order chi connectivity index (χ1) is 7.77. The molecular formula is C13H15NO2. The SMILES string of the molecule is CCCCC(=O)O[C@H](C#N)c1ccccc1. The van der Waals surface area contributed by atoms with Gasteiger partial charge in [0.2, 0.25) is 6.10 Å². The molecule has 0 aliphatic heterocycles. The van der Waals surface area contributed by atoms with Crippen LogP contribution in [0.5, 0.6) is 0 Å². The molecule has 0 fully saturated rings. The van der Waals surface area contributed by atoms with Crippen LogP contribution in [0.4, 0.5) is 0 Å². The van der Waals surface area contributed by atoms with Gasteiger partial charge in [-0.05, 0) is 6.42 Å². The Labute approximate surface area is 95.7 Å². The highest BCUT2D eigenvalue weighted by molar-refractivity contribution is 5.69. The molecule has 0 heterocycles. The normalized spacial score (nSPS) is 11.5. The second kappa shape index (κ2) is 6.62. The first-order valence-electron chi connectivity index (χ1n) is 5.42. The predicted octanol–water partition coefficient (Wildman–Crippen LogP) is 2.98. The molecule has 0 N–H and O–H groups in total. The van der Waals surface area contributed by atoms with Crippen molar-refractivity contribution in [1.82, 2.24) is 0 Å². The number of unbranched alkanes of at least 4 members (excludes halogenated alkanes) is 1. The maximum Gasteiger partial charge on any atom is 0.307 e. The fourth-order valence-electron chi connectivity index (χ4n) is 1.31. The number of ether oxygens (including phenoxy) is 1. The molecule has 16 heavy (non-hydrogen) atoms. The lowest BCUT2D eigenvalue weighted by Gasteiger charge is -2.10. The van der Waals surface area contributed by atoms with E-state index in [1.807, 2.05) is 31.2 Å². The van der Waals surface area contributed by atoms with Crippen molar-refractivity contribution in [3.05, 3.63) is 35.9 Å². The molecule has 0 aromatic heterocycles. The Morgan fingerprint density at radius 1 is 1.44 bits per heavy atom. The summed E-state index contributed by atoms with van der Waals surface area (Å²) >= 11 is 0. The molecule has 0 unspecified atom stereocenters. The number of hydrogen-bond acceptors (Lipinski definition) is 3. The van der Waals surface area contributed by atoms with Gasteiger partial charge in [-0.1, -0.05) is 43.7 Å². The average Bonchev–Trinajstić information content (AvgIpc) is 2.34. The summed E-state index contributed by atoms with van der Waals surface area (Å²) in [5, 5.41) is 8.93. The molecule has 3 nitrogen and oxygen atoms in total. The van der Waals surface area contributed by atoms with Crippen molar-refractivity contribution in [2.75, 3.05) is 0 Å². The Bertz CT molecular complexity index is 367. The molecule has 1 aromatic carbocycles. The van der Waals surface area contributed by atoms with Gasteiger partial charge >= 0.3 is 5.97 Å². The van der Waals surface area contributed by atoms with Crippen molar-refractivity contribution in [3.8, 4) is 6.07 Å². The zero-order chi connectivity index (χ0) is 11.8. The number of carbonyl (C=O) groups excluding carboxylic acids is 1. The minimum atomic E-state index is -0.787. The molecule has 0 aliphatic rings. The van der Waals surface area contributed by atoms with Gasteiger partial charge < -0.3 is 4.74 Å². The summed E-state index contributed by atoms with van der Waals surface area (Å²) < 4.78 is 5.09. The lowest BCUT2D eigenvalue weighted by atomic mass is 10.1. The number of rotatable bonds is 5. The van der Waals surface area contributed by atoms with Crippen LogP contribution in [0.1, 0.15) is 37.9 Å². The van der Waals surface area contributed by atoms with Gasteiger partial charge in [-0.15, -0.1) is 0 Å². The van der Waals surface area contributed by atoms with Gasteiger partial charge in [0, 0.05) is 12.0 Å². The summed E-state index contributed by atoms with van der Waals surface area (Å²) in [7, 11) is 0. The van der Waals surface area contributed by atoms with Gasteiger partial charge in [0.15, 0.2) is 0 Å². The molecule has 1 aromatic rings. The van der Waals surface area contributed by atoms with E-state index in [4.69, 9.17) is 10.00 Å². The second-order valence-electron chi connectivity index (χ2n) is 3.51. The van der Waals surface area contributed by atoms with Gasteiger partial charge in [0.05, 0.1) is 0 Å². The van der Waals surface area contributed by atoms with Gasteiger partial charge in [0.1, 0.15) is 6.07 Å². The number of nitriles is 1. The van der Waals surface area contributed by atoms with Gasteiger partial charge in [-0.25, -0.2) is 0 Å². The summed E-state index contributed by atoms with van der Waals surface area (Å²) in [6.07, 6.45) is 1.33. The van der Waals surface area contributed by atoms with Gasteiger partial charge in [-0.2, -0.15) is 5.26 Å². The Balaban J connectivity index is 2.57. The zero-order valence-electron chi connectivity index (χ0n) is 9.35. The van der Waals surface area contributed by atoms with Crippen LogP contribution in [-0.2, 0) is 9.53 Å². The smallest absolute Gasteiger partial charge is 0.307 e. The second-order valence-corrected chi connectivity index (χ2v) is 3.51. The van der Waals surface area contributed by atoms with Gasteiger partial charge in [-0.3, -0.25) is 4.79 Å². The minimum Gasteiger partial charge on any atom is -0.442 e. The lowest BCUT2D eigenvalue weighted by Crippen LogP contribution is -2.09. The van der Waals surface area contributed by atoms with E-state index in [1.165, 1.54) is 0 Å². The zero-order valence-corrected chi connectivity index (χ0v) is 9.35. The van der Waals surface area contributed by atoms with Crippen molar-refractivity contribution in [3.63, 3.8) is 0 Å². The highest BCUT2D eigenvalue weighted by Gasteiger charge is 2.14. The largest absolute Gasteiger partial charge is 0.442 e. The Morgan fingerprint density at radius 2 is 2.12 bits per heavy atom. The van der Waals surface area contributed by atoms with Gasteiger partial charge in [0.25, 0.3) is 0 Å². The van der Waals surface area contributed by atoms with Crippen LogP contribution in [0, 0.1) is 11.3 Å². The lowest BCUT2D eigenvalue weighted by molar-refractivity contribution is -0.147. The molecule has 1 atom stereocenters. The Kier molecular flexibility index (Phi) is 5.07. The summed E-state index contributed by atoms with van der Waals surface area (Å²) in [6, 6.07) is 11.0. The first kappa shape index (κ1) is 12.3. The fraction of sp³-hybridized carbons (Fsp3) is 0.385. The third kappa shape index (κ3) is 3.74. The van der Waals surface area contributed by atoms with Crippen molar-refractivity contribution < 1.29 is 9.53 Å². The van der Waals surface area contributed by atoms with E-state index < -0.39 is 6.10 Å². The molecule has 0 bridgehead atoms. The summed E-state index contributed by atoms with van der Waals surface area (Å²) in [5.41, 5.74) is 0.717. The van der Waals surface area contributed by atoms with Crippen LogP contribution in [0.2, 0.25) is 0 Å². The molecule has 0 saturated heterocycles. The molecule has 0 aliphatic carbocycles. The Morgan fingerprint density at radius 3 is 2.69 bits per heavy atom. The van der Waals surface area contributed by atoms with Crippen LogP contribution in [-0.4, -0.2) is 5.97 Å². The quantitative estimate of drug-likeness (QED) is 0.712. The highest BCUT2D eigenvalue weighted by Crippen LogP contribution is 2.17. The van der Waals surface area contributed by atoms with Crippen LogP contribution in [0.15, 0.2) is 30.3 Å². The molecular weight excluding hydrogens is 202 g/mol. The van der Waals surface area contributed by atoms with Crippen LogP contribution in [0.3, 0.4) is 0 Å². The van der Waals surface area contributed by atoms with E-state index >= 15 is 0 Å². The minimum absolute atomic E-state index is 0.308. The molecule has 3 heteroatoms. The van der Waals surface area contributed by atoms with E-state index in [0.29, 0.717) is 6.42 Å². The van der Waals surface area contributed by atoms with Crippen molar-refractivity contribution in [2.24, 2.45) is 0 Å². The monoisotopic (exact) mass is 217 g/mol. The molecule has 0 spiro atoms. The van der Waals surface area contributed by atoms with Crippen LogP contribution in [0.25, 0.3) is 0 Å². The molecule has 0 amide bonds. The third-order valence-electron chi connectivity index (χ3n) is 2.20. The van der Waals surface area contributed by atoms with E-state index in [1.54, 1.807) is 12.1 Å². The molecule has 84 valence electrons. The van der Waals surface area contributed by atoms with Crippen molar-refractivity contribution in [1.29, 1.82) is 5.26 Å². The maximum atomic E-state index is 11.4. The predicted molar refractivity (Wildman–Crippen MR) is 60.4 cm³/mol. The maximum absolute atomic E-state index is 11.4. The molecule has 0 radical (unpaired) electrons. The van der Waals surface area contributed by atoms with Crippen LogP contribution >= 0.6 is 0 Å². The summed E-state index contributed by atoms with van der Waals surface area (Å²) in [4.78, 5) is 11.4. The number of nitrogens with zero attached hydrogens (tertiary/aromatic N) is 1. The Hall–Kier alpha value is -1.82. The molecule has 1 rings (SSSR count). The van der Waals surface area contributed by atoms with E-state index in [-0.39, 0.29) is 5.97 Å². The average molecular weight is 217 g/mol. The van der Waals surface area contributed by atoms with E-state index in [9.17, 15) is 4.79 Å². The summed E-state index contributed by atoms with van der Waals surface area (Å²) in [5.74, 6) is -0.308. The summed E-state index contributed by atoms with van der Waals surface area (Å²) in [6.45, 7) is 2.01. The third-order valence-corrected chi connectivity index (χ3v) is 2.20. The van der Waals surface area contributed by atoms with E-state index in [2.05, 4.69) is 0 Å². The standard InChI is InChI=1S/C13H15NO2/c1-2-3-9-13(15)16-12(10-14)11-7-5-4-6-8-11/h4-8,12H,2-3,9H2,1H3/t12-/m1/s1. The number of benzene rings is 1. The van der Waals surface area contributed by atoms with Crippen LogP contribution < -0.4 is 0 Å². The first-order valence-corrected chi connectivity index (χ1v) is 5.42. The number of hydrogen-bond donors (Lipinski definition) is 0.